The predicted octanol–water partition coefficient (Wildman–Crippen LogP) is 4.93. The fourth-order valence-corrected chi connectivity index (χ4v) is 4.35. The first-order valence-corrected chi connectivity index (χ1v) is 12.1. The van der Waals surface area contributed by atoms with Crippen LogP contribution in [0.3, 0.4) is 0 Å². The Kier molecular flexibility index (Phi) is 8.11. The average Bonchev–Trinajstić information content (AvgIpc) is 2.92. The topological polar surface area (TPSA) is 49.9 Å². The third-order valence-electron chi connectivity index (χ3n) is 6.44. The number of hydrogen-bond donors (Lipinski definition) is 0. The van der Waals surface area contributed by atoms with Gasteiger partial charge < -0.3 is 9.64 Å². The minimum atomic E-state index is -0.298. The maximum Gasteiger partial charge on any atom is 0.229 e. The molecule has 35 heavy (non-hydrogen) atoms. The second-order valence-electron chi connectivity index (χ2n) is 8.89. The van der Waals surface area contributed by atoms with Crippen molar-refractivity contribution in [1.29, 1.82) is 0 Å². The molecule has 1 saturated heterocycles. The first kappa shape index (κ1) is 24.4. The van der Waals surface area contributed by atoms with Gasteiger partial charge in [0, 0.05) is 43.9 Å². The van der Waals surface area contributed by atoms with E-state index in [-0.39, 0.29) is 17.6 Å². The average molecular weight is 469 g/mol. The van der Waals surface area contributed by atoms with Gasteiger partial charge in [-0.2, -0.15) is 0 Å². The second kappa shape index (κ2) is 11.6. The number of amides is 1. The van der Waals surface area contributed by atoms with Crippen LogP contribution in [0.2, 0.25) is 0 Å². The molecule has 5 nitrogen and oxygen atoms in total. The van der Waals surface area contributed by atoms with Crippen molar-refractivity contribution in [1.82, 2.24) is 9.80 Å². The van der Waals surface area contributed by atoms with Crippen LogP contribution in [0.5, 0.6) is 5.75 Å². The van der Waals surface area contributed by atoms with Crippen LogP contribution in [0, 0.1) is 0 Å². The summed E-state index contributed by atoms with van der Waals surface area (Å²) in [7, 11) is 0. The Hall–Kier alpha value is -3.70. The van der Waals surface area contributed by atoms with E-state index < -0.39 is 0 Å². The maximum atomic E-state index is 13.2. The van der Waals surface area contributed by atoms with E-state index in [1.807, 2.05) is 78.6 Å². The quantitative estimate of drug-likeness (QED) is 0.330. The van der Waals surface area contributed by atoms with Crippen molar-refractivity contribution in [2.75, 3.05) is 32.8 Å². The van der Waals surface area contributed by atoms with Gasteiger partial charge in [0.05, 0.1) is 5.92 Å². The maximum absolute atomic E-state index is 13.2. The van der Waals surface area contributed by atoms with E-state index in [0.29, 0.717) is 30.8 Å². The van der Waals surface area contributed by atoms with Gasteiger partial charge in [0.1, 0.15) is 12.4 Å². The summed E-state index contributed by atoms with van der Waals surface area (Å²) >= 11 is 0. The Bertz CT molecular complexity index is 1150. The molecule has 3 aromatic carbocycles. The summed E-state index contributed by atoms with van der Waals surface area (Å²) in [6.45, 7) is 10.0. The van der Waals surface area contributed by atoms with Gasteiger partial charge in [0.2, 0.25) is 5.91 Å². The van der Waals surface area contributed by atoms with E-state index in [9.17, 15) is 9.59 Å². The van der Waals surface area contributed by atoms with Crippen molar-refractivity contribution in [2.45, 2.75) is 19.4 Å². The van der Waals surface area contributed by atoms with Crippen LogP contribution >= 0.6 is 0 Å². The highest BCUT2D eigenvalue weighted by Gasteiger charge is 2.26. The molecule has 1 unspecified atom stereocenters. The van der Waals surface area contributed by atoms with Crippen LogP contribution in [0.15, 0.2) is 91.5 Å². The molecule has 0 aliphatic carbocycles. The van der Waals surface area contributed by atoms with Gasteiger partial charge in [0.25, 0.3) is 0 Å². The fourth-order valence-electron chi connectivity index (χ4n) is 4.35. The summed E-state index contributed by atoms with van der Waals surface area (Å²) in [6, 6.07) is 24.8. The summed E-state index contributed by atoms with van der Waals surface area (Å²) in [5.74, 6) is 0.625. The lowest BCUT2D eigenvalue weighted by molar-refractivity contribution is -0.134. The number of ketones is 1. The van der Waals surface area contributed by atoms with Gasteiger partial charge in [0.15, 0.2) is 5.78 Å². The highest BCUT2D eigenvalue weighted by Crippen LogP contribution is 2.22. The van der Waals surface area contributed by atoms with Gasteiger partial charge in [-0.3, -0.25) is 14.5 Å². The molecule has 0 bridgehead atoms. The van der Waals surface area contributed by atoms with Crippen molar-refractivity contribution < 1.29 is 14.3 Å². The van der Waals surface area contributed by atoms with E-state index >= 15 is 0 Å². The molecule has 0 saturated carbocycles. The third-order valence-corrected chi connectivity index (χ3v) is 6.44. The van der Waals surface area contributed by atoms with Crippen molar-refractivity contribution in [3.05, 3.63) is 114 Å². The molecule has 180 valence electrons. The first-order chi connectivity index (χ1) is 17.0. The van der Waals surface area contributed by atoms with Gasteiger partial charge in [-0.15, -0.1) is 0 Å². The molecule has 4 rings (SSSR count). The molecular formula is C30H32N2O3. The summed E-state index contributed by atoms with van der Waals surface area (Å²) in [4.78, 5) is 30.4. The number of rotatable bonds is 9. The van der Waals surface area contributed by atoms with E-state index in [1.165, 1.54) is 5.56 Å². The highest BCUT2D eigenvalue weighted by molar-refractivity contribution is 6.09. The summed E-state index contributed by atoms with van der Waals surface area (Å²) in [5.41, 5.74) is 3.36. The van der Waals surface area contributed by atoms with Gasteiger partial charge >= 0.3 is 0 Å². The number of benzene rings is 3. The lowest BCUT2D eigenvalue weighted by atomic mass is 9.94. The van der Waals surface area contributed by atoms with Crippen molar-refractivity contribution in [3.8, 4) is 5.75 Å². The molecule has 1 fully saturated rings. The number of nitrogens with zero attached hydrogens (tertiary/aromatic N) is 2. The Morgan fingerprint density at radius 3 is 2.29 bits per heavy atom. The van der Waals surface area contributed by atoms with Gasteiger partial charge in [-0.1, -0.05) is 73.3 Å². The lowest BCUT2D eigenvalue weighted by Gasteiger charge is -2.36. The molecule has 5 heteroatoms. The second-order valence-corrected chi connectivity index (χ2v) is 8.89. The van der Waals surface area contributed by atoms with Crippen molar-refractivity contribution in [3.63, 3.8) is 0 Å². The van der Waals surface area contributed by atoms with Crippen LogP contribution in [0.4, 0.5) is 0 Å². The molecule has 0 aromatic heterocycles. The normalized spacial score (nSPS) is 14.8. The predicted molar refractivity (Wildman–Crippen MR) is 139 cm³/mol. The smallest absolute Gasteiger partial charge is 0.229 e. The molecule has 1 heterocycles. The number of ether oxygens (including phenoxy) is 1. The molecule has 1 amide bonds. The third kappa shape index (κ3) is 6.25. The largest absolute Gasteiger partial charge is 0.490 e. The van der Waals surface area contributed by atoms with E-state index in [1.54, 1.807) is 6.08 Å². The van der Waals surface area contributed by atoms with Gasteiger partial charge in [-0.25, -0.2) is 0 Å². The van der Waals surface area contributed by atoms with Crippen LogP contribution in [-0.2, 0) is 11.3 Å². The monoisotopic (exact) mass is 468 g/mol. The molecule has 1 atom stereocenters. The summed E-state index contributed by atoms with van der Waals surface area (Å²) in [6.07, 6.45) is 1.73. The number of carbonyl (C=O) groups excluding carboxylic acids is 2. The molecule has 0 N–H and O–H groups in total. The molecule has 1 aliphatic rings. The first-order valence-electron chi connectivity index (χ1n) is 12.1. The number of hydrogen-bond acceptors (Lipinski definition) is 4. The summed E-state index contributed by atoms with van der Waals surface area (Å²) in [5, 5.41) is 0. The molecular weight excluding hydrogens is 436 g/mol. The Morgan fingerprint density at radius 1 is 0.914 bits per heavy atom. The molecule has 1 aliphatic heterocycles. The van der Waals surface area contributed by atoms with Crippen molar-refractivity contribution in [2.24, 2.45) is 0 Å². The van der Waals surface area contributed by atoms with Crippen LogP contribution in [0.25, 0.3) is 0 Å². The lowest BCUT2D eigenvalue weighted by Crippen LogP contribution is -2.49. The molecule has 0 radical (unpaired) electrons. The highest BCUT2D eigenvalue weighted by atomic mass is 16.5. The van der Waals surface area contributed by atoms with Crippen LogP contribution < -0.4 is 4.74 Å². The summed E-state index contributed by atoms with van der Waals surface area (Å²) < 4.78 is 5.55. The fraction of sp³-hybridized carbons (Fsp3) is 0.267. The zero-order chi connectivity index (χ0) is 24.6. The minimum Gasteiger partial charge on any atom is -0.490 e. The van der Waals surface area contributed by atoms with E-state index in [4.69, 9.17) is 4.74 Å². The number of carbonyl (C=O) groups is 2. The SMILES string of the molecule is C=CCOc1ccc(CN2CCN(C(=O)C(C)c3cccc(C(=O)c4ccccc4)c3)CC2)cc1. The van der Waals surface area contributed by atoms with Crippen LogP contribution in [-0.4, -0.2) is 54.3 Å². The zero-order valence-corrected chi connectivity index (χ0v) is 20.2. The minimum absolute atomic E-state index is 0.0268. The Labute approximate surface area is 207 Å². The number of piperazine rings is 1. The Balaban J connectivity index is 1.32. The molecule has 3 aromatic rings. The van der Waals surface area contributed by atoms with Crippen molar-refractivity contribution >= 4 is 11.7 Å². The zero-order valence-electron chi connectivity index (χ0n) is 20.2. The van der Waals surface area contributed by atoms with E-state index in [0.717, 1.165) is 30.9 Å². The van der Waals surface area contributed by atoms with Gasteiger partial charge in [-0.05, 0) is 36.2 Å². The molecule has 0 spiro atoms. The standard InChI is InChI=1S/C30H32N2O3/c1-3-20-35-28-14-12-24(13-15-28)22-31-16-18-32(19-17-31)30(34)23(2)26-10-7-11-27(21-26)29(33)25-8-5-4-6-9-25/h3-15,21,23H,1,16-20,22H2,2H3. The van der Waals surface area contributed by atoms with E-state index in [2.05, 4.69) is 23.6 Å². The van der Waals surface area contributed by atoms with Crippen LogP contribution in [0.1, 0.15) is 39.9 Å². The Morgan fingerprint density at radius 2 is 1.60 bits per heavy atom.